The Balaban J connectivity index is 1.17. The molecule has 0 atom stereocenters. The van der Waals surface area contributed by atoms with E-state index in [-0.39, 0.29) is 43.3 Å². The van der Waals surface area contributed by atoms with Gasteiger partial charge in [-0.15, -0.1) is 0 Å². The standard InChI is InChI=1S/C77H86N2O/c1-47-39-62-63(73(10,11)38-37-72(62,8)9)46-67(47)79(66-30-24-25-54-55-42-48(70(2,3)4)31-36-68(55)80-69(54)66)53-41-49(71(5,6)7)40-52(43-53)78(50-32-34-60-64(44-50)76(16,17)58-28-22-20-26-56(58)74(60,12)13)51-33-35-61-65(45-51)77(18,19)59-29-23-21-27-57(59)75(61,14)15/h20-36,39-46H,37-38H2,1-19H3. The van der Waals surface area contributed by atoms with E-state index in [0.29, 0.717) is 0 Å². The molecule has 410 valence electrons. The molecule has 0 N–H and O–H groups in total. The summed E-state index contributed by atoms with van der Waals surface area (Å²) in [6.07, 6.45) is 2.29. The number of rotatable bonds is 6. The van der Waals surface area contributed by atoms with E-state index >= 15 is 0 Å². The Bertz CT molecular complexity index is 3880. The summed E-state index contributed by atoms with van der Waals surface area (Å²) in [5.74, 6) is 0. The molecule has 3 aliphatic rings. The summed E-state index contributed by atoms with van der Waals surface area (Å²) in [5, 5.41) is 2.28. The van der Waals surface area contributed by atoms with Crippen molar-refractivity contribution >= 4 is 56.1 Å². The van der Waals surface area contributed by atoms with Crippen molar-refractivity contribution in [2.75, 3.05) is 9.80 Å². The Morgan fingerprint density at radius 2 is 0.800 bits per heavy atom. The zero-order valence-electron chi connectivity index (χ0n) is 51.7. The summed E-state index contributed by atoms with van der Waals surface area (Å²) in [7, 11) is 0. The number of fused-ring (bicyclic) bond motifs is 8. The van der Waals surface area contributed by atoms with Gasteiger partial charge in [0.05, 0.1) is 5.69 Å². The van der Waals surface area contributed by atoms with Crippen molar-refractivity contribution in [1.82, 2.24) is 0 Å². The third kappa shape index (κ3) is 8.16. The van der Waals surface area contributed by atoms with E-state index in [1.54, 1.807) is 0 Å². The van der Waals surface area contributed by atoms with Crippen LogP contribution < -0.4 is 9.80 Å². The van der Waals surface area contributed by atoms with E-state index in [1.807, 2.05) is 0 Å². The van der Waals surface area contributed by atoms with Crippen LogP contribution >= 0.6 is 0 Å². The molecule has 0 saturated carbocycles. The van der Waals surface area contributed by atoms with E-state index in [4.69, 9.17) is 4.42 Å². The lowest BCUT2D eigenvalue weighted by atomic mass is 9.60. The number of benzene rings is 8. The maximum absolute atomic E-state index is 7.19. The molecule has 0 bridgehead atoms. The first-order valence-electron chi connectivity index (χ1n) is 29.7. The lowest BCUT2D eigenvalue weighted by molar-refractivity contribution is 0.332. The average Bonchev–Trinajstić information content (AvgIpc) is 3.79. The fourth-order valence-electron chi connectivity index (χ4n) is 14.7. The zero-order chi connectivity index (χ0) is 57.2. The molecular weight excluding hydrogens is 969 g/mol. The smallest absolute Gasteiger partial charge is 0.159 e. The minimum Gasteiger partial charge on any atom is -0.454 e. The summed E-state index contributed by atoms with van der Waals surface area (Å²) in [6.45, 7) is 45.5. The number of furan rings is 1. The number of anilines is 6. The summed E-state index contributed by atoms with van der Waals surface area (Å²) in [6, 6.07) is 59.2. The van der Waals surface area contributed by atoms with Gasteiger partial charge in [0, 0.05) is 60.9 Å². The molecule has 12 rings (SSSR count). The molecular formula is C77H86N2O. The third-order valence-electron chi connectivity index (χ3n) is 20.0. The first-order valence-corrected chi connectivity index (χ1v) is 29.7. The van der Waals surface area contributed by atoms with Crippen molar-refractivity contribution in [1.29, 1.82) is 0 Å². The lowest BCUT2D eigenvalue weighted by Crippen LogP contribution is -2.37. The molecule has 1 aromatic heterocycles. The van der Waals surface area contributed by atoms with Crippen LogP contribution in [0.5, 0.6) is 0 Å². The van der Waals surface area contributed by atoms with Gasteiger partial charge in [0.15, 0.2) is 5.58 Å². The van der Waals surface area contributed by atoms with Crippen LogP contribution in [0.3, 0.4) is 0 Å². The van der Waals surface area contributed by atoms with Crippen molar-refractivity contribution < 1.29 is 4.42 Å². The Kier molecular flexibility index (Phi) is 11.8. The van der Waals surface area contributed by atoms with Crippen LogP contribution in [0.15, 0.2) is 156 Å². The van der Waals surface area contributed by atoms with Gasteiger partial charge in [0.25, 0.3) is 0 Å². The maximum Gasteiger partial charge on any atom is 0.159 e. The lowest BCUT2D eigenvalue weighted by Gasteiger charge is -2.45. The quantitative estimate of drug-likeness (QED) is 0.165. The number of hydrogen-bond acceptors (Lipinski definition) is 3. The summed E-state index contributed by atoms with van der Waals surface area (Å²) in [5.41, 5.74) is 25.3. The SMILES string of the molecule is Cc1cc2c(cc1N(c1cc(N(c3ccc4c(c3)C(C)(C)c3ccccc3C4(C)C)c3ccc4c(c3)C(C)(C)c3ccccc3C4(C)C)cc(C(C)(C)C)c1)c1cccc3c1oc1ccc(C(C)(C)C)cc13)C(C)(C)CCC2(C)C. The van der Waals surface area contributed by atoms with E-state index in [9.17, 15) is 0 Å². The second-order valence-corrected chi connectivity index (χ2v) is 29.9. The molecule has 9 aromatic rings. The molecule has 80 heavy (non-hydrogen) atoms. The molecule has 0 spiro atoms. The van der Waals surface area contributed by atoms with Crippen molar-refractivity contribution in [2.45, 2.75) is 188 Å². The van der Waals surface area contributed by atoms with Crippen LogP contribution in [-0.2, 0) is 43.3 Å². The van der Waals surface area contributed by atoms with Gasteiger partial charge in [-0.05, 0) is 180 Å². The summed E-state index contributed by atoms with van der Waals surface area (Å²) in [4.78, 5) is 5.15. The number of aryl methyl sites for hydroxylation is 1. The first kappa shape index (κ1) is 53.8. The van der Waals surface area contributed by atoms with E-state index < -0.39 is 0 Å². The van der Waals surface area contributed by atoms with E-state index in [1.165, 1.54) is 78.0 Å². The van der Waals surface area contributed by atoms with Crippen LogP contribution in [0.2, 0.25) is 0 Å². The summed E-state index contributed by atoms with van der Waals surface area (Å²) >= 11 is 0. The molecule has 0 amide bonds. The normalized spacial score (nSPS) is 17.9. The number of para-hydroxylation sites is 1. The largest absolute Gasteiger partial charge is 0.454 e. The second kappa shape index (κ2) is 17.6. The highest BCUT2D eigenvalue weighted by molar-refractivity contribution is 6.11. The molecule has 3 nitrogen and oxygen atoms in total. The van der Waals surface area contributed by atoms with Gasteiger partial charge < -0.3 is 14.2 Å². The Labute approximate surface area is 479 Å². The molecule has 8 aromatic carbocycles. The van der Waals surface area contributed by atoms with Gasteiger partial charge in [-0.1, -0.05) is 210 Å². The predicted molar refractivity (Wildman–Crippen MR) is 342 cm³/mol. The van der Waals surface area contributed by atoms with E-state index in [2.05, 4.69) is 293 Å². The van der Waals surface area contributed by atoms with Crippen LogP contribution in [0, 0.1) is 6.92 Å². The number of nitrogens with zero attached hydrogens (tertiary/aromatic N) is 2. The number of hydrogen-bond donors (Lipinski definition) is 0. The second-order valence-electron chi connectivity index (χ2n) is 29.9. The average molecular weight is 1060 g/mol. The van der Waals surface area contributed by atoms with Crippen LogP contribution in [0.1, 0.15) is 210 Å². The molecule has 0 saturated heterocycles. The third-order valence-corrected chi connectivity index (χ3v) is 20.0. The Hall–Kier alpha value is -6.84. The van der Waals surface area contributed by atoms with Gasteiger partial charge in [0.1, 0.15) is 5.58 Å². The van der Waals surface area contributed by atoms with Gasteiger partial charge in [0.2, 0.25) is 0 Å². The highest BCUT2D eigenvalue weighted by Crippen LogP contribution is 2.56. The molecule has 0 aliphatic heterocycles. The minimum atomic E-state index is -0.241. The fourth-order valence-corrected chi connectivity index (χ4v) is 14.7. The monoisotopic (exact) mass is 1050 g/mol. The molecule has 0 radical (unpaired) electrons. The highest BCUT2D eigenvalue weighted by atomic mass is 16.3. The molecule has 0 unspecified atom stereocenters. The molecule has 1 heterocycles. The van der Waals surface area contributed by atoms with Crippen molar-refractivity contribution in [3.8, 4) is 0 Å². The topological polar surface area (TPSA) is 19.6 Å². The van der Waals surface area contributed by atoms with Crippen LogP contribution in [-0.4, -0.2) is 0 Å². The van der Waals surface area contributed by atoms with Crippen molar-refractivity contribution in [3.63, 3.8) is 0 Å². The van der Waals surface area contributed by atoms with Crippen LogP contribution in [0.4, 0.5) is 34.1 Å². The Morgan fingerprint density at radius 1 is 0.350 bits per heavy atom. The molecule has 3 heteroatoms. The van der Waals surface area contributed by atoms with Crippen molar-refractivity contribution in [2.24, 2.45) is 0 Å². The van der Waals surface area contributed by atoms with Gasteiger partial charge in [-0.3, -0.25) is 0 Å². The predicted octanol–water partition coefficient (Wildman–Crippen LogP) is 21.7. The van der Waals surface area contributed by atoms with Gasteiger partial charge >= 0.3 is 0 Å². The minimum absolute atomic E-state index is 0.00642. The van der Waals surface area contributed by atoms with Crippen LogP contribution in [0.25, 0.3) is 21.9 Å². The first-order chi connectivity index (χ1) is 37.3. The van der Waals surface area contributed by atoms with E-state index in [0.717, 1.165) is 63.2 Å². The van der Waals surface area contributed by atoms with Gasteiger partial charge in [-0.2, -0.15) is 0 Å². The molecule has 0 fully saturated rings. The fraction of sp³-hybridized carbons (Fsp3) is 0.377. The highest BCUT2D eigenvalue weighted by Gasteiger charge is 2.45. The van der Waals surface area contributed by atoms with Crippen molar-refractivity contribution in [3.05, 3.63) is 224 Å². The Morgan fingerprint density at radius 3 is 1.29 bits per heavy atom. The zero-order valence-corrected chi connectivity index (χ0v) is 51.7. The van der Waals surface area contributed by atoms with Gasteiger partial charge in [-0.25, -0.2) is 0 Å². The molecule has 3 aliphatic carbocycles. The maximum atomic E-state index is 7.19. The summed E-state index contributed by atoms with van der Waals surface area (Å²) < 4.78 is 7.19.